The van der Waals surface area contributed by atoms with Gasteiger partial charge in [-0.15, -0.1) is 0 Å². The Morgan fingerprint density at radius 2 is 1.94 bits per heavy atom. The van der Waals surface area contributed by atoms with Gasteiger partial charge in [0, 0.05) is 29.6 Å². The molecule has 1 saturated heterocycles. The molecular weight excluding hydrogens is 469 g/mol. The molecule has 3 aromatic heterocycles. The van der Waals surface area contributed by atoms with Crippen molar-refractivity contribution in [2.75, 3.05) is 20.8 Å². The lowest BCUT2D eigenvalue weighted by molar-refractivity contribution is -0.127. The highest BCUT2D eigenvalue weighted by molar-refractivity contribution is 5.94. The Labute approximate surface area is 206 Å². The van der Waals surface area contributed by atoms with Crippen molar-refractivity contribution >= 4 is 11.8 Å². The molecule has 0 bridgehead atoms. The van der Waals surface area contributed by atoms with Crippen LogP contribution < -0.4 is 14.8 Å². The van der Waals surface area contributed by atoms with Crippen molar-refractivity contribution in [3.8, 4) is 22.9 Å². The summed E-state index contributed by atoms with van der Waals surface area (Å²) in [6.45, 7) is 0.671. The summed E-state index contributed by atoms with van der Waals surface area (Å²) in [5.41, 5.74) is 0.404. The van der Waals surface area contributed by atoms with Gasteiger partial charge in [-0.05, 0) is 31.7 Å². The third kappa shape index (κ3) is 4.58. The second-order valence-electron chi connectivity index (χ2n) is 9.00. The van der Waals surface area contributed by atoms with Gasteiger partial charge in [0.25, 0.3) is 5.91 Å². The van der Waals surface area contributed by atoms with Crippen molar-refractivity contribution in [3.05, 3.63) is 48.1 Å². The molecule has 1 aliphatic carbocycles. The van der Waals surface area contributed by atoms with E-state index < -0.39 is 5.82 Å². The molecule has 1 unspecified atom stereocenters. The molecule has 188 valence electrons. The number of ether oxygens (including phenoxy) is 2. The van der Waals surface area contributed by atoms with Gasteiger partial charge in [-0.2, -0.15) is 5.10 Å². The SMILES string of the molecule is COc1cnc(CNC(=O)C2CCN(C(=O)c3cc(-c4cc(OC)ncc4F)n[nH]3)C3(CC3)C2)nc1. The van der Waals surface area contributed by atoms with Gasteiger partial charge in [-0.3, -0.25) is 14.7 Å². The van der Waals surface area contributed by atoms with Crippen LogP contribution in [-0.4, -0.2) is 68.2 Å². The maximum absolute atomic E-state index is 14.3. The number of hydrogen-bond acceptors (Lipinski definition) is 8. The molecule has 1 spiro atoms. The van der Waals surface area contributed by atoms with Crippen LogP contribution in [0, 0.1) is 11.7 Å². The molecule has 1 aliphatic heterocycles. The van der Waals surface area contributed by atoms with Crippen LogP contribution in [0.1, 0.15) is 42.0 Å². The van der Waals surface area contributed by atoms with E-state index in [1.54, 1.807) is 12.4 Å². The Bertz CT molecular complexity index is 1280. The summed E-state index contributed by atoms with van der Waals surface area (Å²) >= 11 is 0. The standard InChI is InChI=1S/C24H26FN7O4/c1-35-15-10-26-20(27-11-15)13-29-22(33)14-3-6-32(24(9-14)4-5-24)23(34)19-8-18(30-31-19)16-7-21(36-2)28-12-17(16)25/h7-8,10-12,14H,3-6,9,13H2,1-2H3,(H,29,33)(H,30,31). The number of amides is 2. The first kappa shape index (κ1) is 23.6. The van der Waals surface area contributed by atoms with E-state index in [2.05, 4.69) is 30.5 Å². The van der Waals surface area contributed by atoms with E-state index in [4.69, 9.17) is 9.47 Å². The zero-order valence-corrected chi connectivity index (χ0v) is 20.0. The normalized spacial score (nSPS) is 18.1. The molecule has 4 heterocycles. The summed E-state index contributed by atoms with van der Waals surface area (Å²) in [7, 11) is 2.98. The number of methoxy groups -OCH3 is 2. The summed E-state index contributed by atoms with van der Waals surface area (Å²) in [6.07, 6.45) is 6.96. The minimum atomic E-state index is -0.563. The average Bonchev–Trinajstić information content (AvgIpc) is 3.48. The van der Waals surface area contributed by atoms with E-state index in [0.29, 0.717) is 31.0 Å². The molecule has 0 aromatic carbocycles. The van der Waals surface area contributed by atoms with Crippen LogP contribution in [0.5, 0.6) is 11.6 Å². The van der Waals surface area contributed by atoms with Gasteiger partial charge < -0.3 is 19.7 Å². The zero-order chi connectivity index (χ0) is 25.3. The average molecular weight is 496 g/mol. The third-order valence-corrected chi connectivity index (χ3v) is 6.80. The number of rotatable bonds is 7. The number of aromatic nitrogens is 5. The van der Waals surface area contributed by atoms with Gasteiger partial charge in [-0.1, -0.05) is 0 Å². The number of hydrogen-bond donors (Lipinski definition) is 2. The van der Waals surface area contributed by atoms with Crippen molar-refractivity contribution in [1.82, 2.24) is 35.4 Å². The number of piperidine rings is 1. The fourth-order valence-corrected chi connectivity index (χ4v) is 4.64. The van der Waals surface area contributed by atoms with Gasteiger partial charge in [0.05, 0.1) is 45.0 Å². The van der Waals surface area contributed by atoms with E-state index in [1.807, 2.05) is 4.90 Å². The number of halogens is 1. The van der Waals surface area contributed by atoms with Crippen LogP contribution in [-0.2, 0) is 11.3 Å². The minimum absolute atomic E-state index is 0.0706. The van der Waals surface area contributed by atoms with Crippen molar-refractivity contribution in [1.29, 1.82) is 0 Å². The molecule has 3 aromatic rings. The van der Waals surface area contributed by atoms with E-state index in [1.165, 1.54) is 26.4 Å². The first-order valence-corrected chi connectivity index (χ1v) is 11.6. The third-order valence-electron chi connectivity index (χ3n) is 6.80. The topological polar surface area (TPSA) is 135 Å². The number of carbonyl (C=O) groups excluding carboxylic acids is 2. The van der Waals surface area contributed by atoms with Crippen LogP contribution >= 0.6 is 0 Å². The Balaban J connectivity index is 1.23. The highest BCUT2D eigenvalue weighted by Crippen LogP contribution is 2.50. The van der Waals surface area contributed by atoms with E-state index in [9.17, 15) is 14.0 Å². The van der Waals surface area contributed by atoms with E-state index >= 15 is 0 Å². The number of H-pyrrole nitrogens is 1. The number of nitrogens with zero attached hydrogens (tertiary/aromatic N) is 5. The molecular formula is C24H26FN7O4. The molecule has 5 rings (SSSR count). The summed E-state index contributed by atoms with van der Waals surface area (Å²) in [5.74, 6) is 0.247. The molecule has 36 heavy (non-hydrogen) atoms. The fraction of sp³-hybridized carbons (Fsp3) is 0.417. The van der Waals surface area contributed by atoms with Crippen molar-refractivity contribution in [3.63, 3.8) is 0 Å². The predicted octanol–water partition coefficient (Wildman–Crippen LogP) is 2.12. The Hall–Kier alpha value is -4.09. The number of nitrogens with one attached hydrogen (secondary N) is 2. The first-order valence-electron chi connectivity index (χ1n) is 11.6. The molecule has 2 N–H and O–H groups in total. The zero-order valence-electron chi connectivity index (χ0n) is 20.0. The van der Waals surface area contributed by atoms with Gasteiger partial charge in [-0.25, -0.2) is 19.3 Å². The lowest BCUT2D eigenvalue weighted by Crippen LogP contribution is -2.50. The molecule has 1 saturated carbocycles. The summed E-state index contributed by atoms with van der Waals surface area (Å²) in [4.78, 5) is 40.2. The molecule has 2 aliphatic rings. The monoisotopic (exact) mass is 495 g/mol. The van der Waals surface area contributed by atoms with Crippen molar-refractivity contribution < 1.29 is 23.5 Å². The van der Waals surface area contributed by atoms with Crippen LogP contribution in [0.15, 0.2) is 30.7 Å². The Morgan fingerprint density at radius 1 is 1.17 bits per heavy atom. The van der Waals surface area contributed by atoms with Crippen LogP contribution in [0.3, 0.4) is 0 Å². The van der Waals surface area contributed by atoms with Gasteiger partial charge >= 0.3 is 0 Å². The van der Waals surface area contributed by atoms with Crippen LogP contribution in [0.4, 0.5) is 4.39 Å². The number of carbonyl (C=O) groups is 2. The fourth-order valence-electron chi connectivity index (χ4n) is 4.64. The highest BCUT2D eigenvalue weighted by atomic mass is 19.1. The molecule has 11 nitrogen and oxygen atoms in total. The molecule has 12 heteroatoms. The van der Waals surface area contributed by atoms with Crippen molar-refractivity contribution in [2.45, 2.75) is 37.8 Å². The Morgan fingerprint density at radius 3 is 2.64 bits per heavy atom. The Kier molecular flexibility index (Phi) is 6.25. The summed E-state index contributed by atoms with van der Waals surface area (Å²) in [5, 5.41) is 9.78. The molecule has 2 fully saturated rings. The largest absolute Gasteiger partial charge is 0.494 e. The molecule has 2 amide bonds. The molecule has 0 radical (unpaired) electrons. The quantitative estimate of drug-likeness (QED) is 0.509. The lowest BCUT2D eigenvalue weighted by atomic mass is 9.88. The van der Waals surface area contributed by atoms with Crippen LogP contribution in [0.25, 0.3) is 11.3 Å². The smallest absolute Gasteiger partial charge is 0.272 e. The van der Waals surface area contributed by atoms with Crippen molar-refractivity contribution in [2.24, 2.45) is 5.92 Å². The second-order valence-corrected chi connectivity index (χ2v) is 9.00. The minimum Gasteiger partial charge on any atom is -0.494 e. The van der Waals surface area contributed by atoms with Gasteiger partial charge in [0.2, 0.25) is 11.8 Å². The summed E-state index contributed by atoms with van der Waals surface area (Å²) < 4.78 is 24.4. The maximum atomic E-state index is 14.3. The predicted molar refractivity (Wildman–Crippen MR) is 124 cm³/mol. The highest BCUT2D eigenvalue weighted by Gasteiger charge is 2.54. The second kappa shape index (κ2) is 9.51. The van der Waals surface area contributed by atoms with E-state index in [-0.39, 0.29) is 52.6 Å². The maximum Gasteiger partial charge on any atom is 0.272 e. The van der Waals surface area contributed by atoms with Gasteiger partial charge in [0.1, 0.15) is 11.5 Å². The molecule has 1 atom stereocenters. The summed E-state index contributed by atoms with van der Waals surface area (Å²) in [6, 6.07) is 2.97. The number of aromatic amines is 1. The van der Waals surface area contributed by atoms with E-state index in [0.717, 1.165) is 19.0 Å². The first-order chi connectivity index (χ1) is 17.4. The number of pyridine rings is 1. The van der Waals surface area contributed by atoms with Crippen LogP contribution in [0.2, 0.25) is 0 Å². The lowest BCUT2D eigenvalue weighted by Gasteiger charge is -2.39. The number of likely N-dealkylation sites (tertiary alicyclic amines) is 1. The van der Waals surface area contributed by atoms with Gasteiger partial charge in [0.15, 0.2) is 11.6 Å².